The second kappa shape index (κ2) is 12.0. The van der Waals surface area contributed by atoms with E-state index in [4.69, 9.17) is 9.47 Å². The average molecular weight is 382 g/mol. The van der Waals surface area contributed by atoms with E-state index < -0.39 is 0 Å². The van der Waals surface area contributed by atoms with E-state index in [-0.39, 0.29) is 12.6 Å². The van der Waals surface area contributed by atoms with Gasteiger partial charge in [0.25, 0.3) is 0 Å². The highest BCUT2D eigenvalue weighted by Gasteiger charge is 2.04. The number of carbonyl (C=O) groups is 1. The van der Waals surface area contributed by atoms with Crippen LogP contribution in [0.3, 0.4) is 0 Å². The monoisotopic (exact) mass is 381 g/mol. The lowest BCUT2D eigenvalue weighted by molar-refractivity contribution is -0.138. The fourth-order valence-electron chi connectivity index (χ4n) is 2.77. The van der Waals surface area contributed by atoms with Crippen LogP contribution in [0.25, 0.3) is 6.08 Å². The van der Waals surface area contributed by atoms with Crippen molar-refractivity contribution < 1.29 is 14.3 Å². The molecule has 0 aromatic heterocycles. The van der Waals surface area contributed by atoms with Crippen molar-refractivity contribution >= 4 is 12.0 Å². The summed E-state index contributed by atoms with van der Waals surface area (Å²) in [4.78, 5) is 14.4. The third-order valence-electron chi connectivity index (χ3n) is 4.48. The Kier molecular flexibility index (Phi) is 9.29. The van der Waals surface area contributed by atoms with Crippen molar-refractivity contribution in [3.05, 3.63) is 71.3 Å². The number of rotatable bonds is 11. The zero-order valence-corrected chi connectivity index (χ0v) is 17.2. The zero-order chi connectivity index (χ0) is 20.2. The van der Waals surface area contributed by atoms with Gasteiger partial charge in [-0.2, -0.15) is 0 Å². The summed E-state index contributed by atoms with van der Waals surface area (Å²) in [7, 11) is 0. The summed E-state index contributed by atoms with van der Waals surface area (Å²) in [6.07, 6.45) is 4.12. The number of nitrogens with zero attached hydrogens (tertiary/aromatic N) is 1. The molecule has 28 heavy (non-hydrogen) atoms. The van der Waals surface area contributed by atoms with Gasteiger partial charge in [0.1, 0.15) is 12.4 Å². The predicted molar refractivity (Wildman–Crippen MR) is 114 cm³/mol. The molecule has 150 valence electrons. The fraction of sp³-hybridized carbons (Fsp3) is 0.375. The van der Waals surface area contributed by atoms with Crippen molar-refractivity contribution in [2.45, 2.75) is 40.3 Å². The van der Waals surface area contributed by atoms with Gasteiger partial charge < -0.3 is 9.47 Å². The lowest BCUT2D eigenvalue weighted by atomic mass is 10.1. The summed E-state index contributed by atoms with van der Waals surface area (Å²) in [5.41, 5.74) is 3.12. The highest BCUT2D eigenvalue weighted by Crippen LogP contribution is 2.19. The number of para-hydroxylation sites is 1. The van der Waals surface area contributed by atoms with Crippen LogP contribution in [0.15, 0.2) is 54.6 Å². The van der Waals surface area contributed by atoms with E-state index in [1.165, 1.54) is 11.6 Å². The SMILES string of the molecule is CCCOc1ccccc1/C=C/C(=O)OCc1ccc(CN(CC)CC)cc1. The fourth-order valence-corrected chi connectivity index (χ4v) is 2.77. The van der Waals surface area contributed by atoms with Crippen molar-refractivity contribution in [3.63, 3.8) is 0 Å². The molecule has 0 bridgehead atoms. The zero-order valence-electron chi connectivity index (χ0n) is 17.2. The molecule has 4 nitrogen and oxygen atoms in total. The maximum absolute atomic E-state index is 12.0. The molecule has 0 saturated carbocycles. The Bertz CT molecular complexity index is 749. The molecule has 0 radical (unpaired) electrons. The molecule has 0 saturated heterocycles. The quantitative estimate of drug-likeness (QED) is 0.402. The van der Waals surface area contributed by atoms with Crippen LogP contribution in [0, 0.1) is 0 Å². The normalized spacial score (nSPS) is 11.1. The maximum atomic E-state index is 12.0. The maximum Gasteiger partial charge on any atom is 0.331 e. The van der Waals surface area contributed by atoms with Gasteiger partial charge in [-0.3, -0.25) is 4.90 Å². The predicted octanol–water partition coefficient (Wildman–Crippen LogP) is 5.07. The van der Waals surface area contributed by atoms with E-state index in [1.807, 2.05) is 36.4 Å². The minimum absolute atomic E-state index is 0.267. The number of carbonyl (C=O) groups excluding carboxylic acids is 1. The lowest BCUT2D eigenvalue weighted by Gasteiger charge is -2.18. The van der Waals surface area contributed by atoms with Crippen molar-refractivity contribution in [1.29, 1.82) is 0 Å². The van der Waals surface area contributed by atoms with E-state index in [9.17, 15) is 4.79 Å². The number of hydrogen-bond donors (Lipinski definition) is 0. The number of esters is 1. The second-order valence-corrected chi connectivity index (χ2v) is 6.61. The molecule has 0 atom stereocenters. The van der Waals surface area contributed by atoms with Crippen LogP contribution >= 0.6 is 0 Å². The summed E-state index contributed by atoms with van der Waals surface area (Å²) in [5, 5.41) is 0. The first kappa shape index (κ1) is 21.7. The lowest BCUT2D eigenvalue weighted by Crippen LogP contribution is -2.22. The minimum Gasteiger partial charge on any atom is -0.493 e. The van der Waals surface area contributed by atoms with Crippen molar-refractivity contribution in [3.8, 4) is 5.75 Å². The van der Waals surface area contributed by atoms with Crippen LogP contribution in [-0.4, -0.2) is 30.6 Å². The Balaban J connectivity index is 1.86. The van der Waals surface area contributed by atoms with Crippen molar-refractivity contribution in [2.75, 3.05) is 19.7 Å². The van der Waals surface area contributed by atoms with Gasteiger partial charge in [-0.05, 0) is 42.8 Å². The molecule has 0 aliphatic carbocycles. The first-order valence-corrected chi connectivity index (χ1v) is 10.0. The number of benzene rings is 2. The molecule has 2 rings (SSSR count). The summed E-state index contributed by atoms with van der Waals surface area (Å²) < 4.78 is 11.1. The molecule has 0 heterocycles. The van der Waals surface area contributed by atoms with Gasteiger partial charge in [0.15, 0.2) is 0 Å². The van der Waals surface area contributed by atoms with E-state index in [0.717, 1.165) is 42.9 Å². The topological polar surface area (TPSA) is 38.8 Å². The summed E-state index contributed by atoms with van der Waals surface area (Å²) in [6.45, 7) is 10.3. The third kappa shape index (κ3) is 7.20. The molecular weight excluding hydrogens is 350 g/mol. The van der Waals surface area contributed by atoms with Crippen LogP contribution in [0.1, 0.15) is 43.9 Å². The Morgan fingerprint density at radius 3 is 2.32 bits per heavy atom. The van der Waals surface area contributed by atoms with Gasteiger partial charge in [0.2, 0.25) is 0 Å². The number of ether oxygens (including phenoxy) is 2. The van der Waals surface area contributed by atoms with E-state index in [2.05, 4.69) is 37.8 Å². The second-order valence-electron chi connectivity index (χ2n) is 6.61. The summed E-state index contributed by atoms with van der Waals surface area (Å²) in [5.74, 6) is 0.412. The largest absolute Gasteiger partial charge is 0.493 e. The first-order valence-electron chi connectivity index (χ1n) is 10.0. The van der Waals surface area contributed by atoms with E-state index in [0.29, 0.717) is 6.61 Å². The molecule has 0 aliphatic heterocycles. The van der Waals surface area contributed by atoms with Crippen molar-refractivity contribution in [2.24, 2.45) is 0 Å². The number of hydrogen-bond acceptors (Lipinski definition) is 4. The molecule has 0 amide bonds. The molecule has 2 aromatic carbocycles. The van der Waals surface area contributed by atoms with Gasteiger partial charge in [0.05, 0.1) is 6.61 Å². The van der Waals surface area contributed by atoms with Gasteiger partial charge in [-0.1, -0.05) is 63.2 Å². The average Bonchev–Trinajstić information content (AvgIpc) is 2.74. The Morgan fingerprint density at radius 1 is 0.964 bits per heavy atom. The molecule has 4 heteroatoms. The summed E-state index contributed by atoms with van der Waals surface area (Å²) >= 11 is 0. The third-order valence-corrected chi connectivity index (χ3v) is 4.48. The molecule has 0 spiro atoms. The van der Waals surface area contributed by atoms with Crippen LogP contribution in [0.2, 0.25) is 0 Å². The highest BCUT2D eigenvalue weighted by atomic mass is 16.5. The molecular formula is C24H31NO3. The van der Waals surface area contributed by atoms with Gasteiger partial charge >= 0.3 is 5.97 Å². The van der Waals surface area contributed by atoms with E-state index in [1.54, 1.807) is 6.08 Å². The van der Waals surface area contributed by atoms with Crippen LogP contribution in [0.5, 0.6) is 5.75 Å². The van der Waals surface area contributed by atoms with Crippen molar-refractivity contribution in [1.82, 2.24) is 4.90 Å². The minimum atomic E-state index is -0.363. The smallest absolute Gasteiger partial charge is 0.331 e. The first-order chi connectivity index (χ1) is 13.7. The van der Waals surface area contributed by atoms with Crippen LogP contribution in [-0.2, 0) is 22.7 Å². The standard InChI is InChI=1S/C24H31NO3/c1-4-17-27-23-10-8-7-9-22(23)15-16-24(26)28-19-21-13-11-20(12-14-21)18-25(5-2)6-3/h7-16H,4-6,17-19H2,1-3H3/b16-15+. The Hall–Kier alpha value is -2.59. The molecule has 2 aromatic rings. The Labute approximate surface area is 168 Å². The highest BCUT2D eigenvalue weighted by molar-refractivity contribution is 5.87. The molecule has 0 aliphatic rings. The molecule has 0 fully saturated rings. The Morgan fingerprint density at radius 2 is 1.64 bits per heavy atom. The summed E-state index contributed by atoms with van der Waals surface area (Å²) in [6, 6.07) is 15.9. The molecule has 0 unspecified atom stereocenters. The van der Waals surface area contributed by atoms with Gasteiger partial charge in [0, 0.05) is 18.2 Å². The van der Waals surface area contributed by atoms with Crippen LogP contribution < -0.4 is 4.74 Å². The van der Waals surface area contributed by atoms with Gasteiger partial charge in [-0.15, -0.1) is 0 Å². The van der Waals surface area contributed by atoms with Crippen LogP contribution in [0.4, 0.5) is 0 Å². The van der Waals surface area contributed by atoms with E-state index >= 15 is 0 Å². The van der Waals surface area contributed by atoms with Gasteiger partial charge in [-0.25, -0.2) is 4.79 Å². The molecule has 0 N–H and O–H groups in total.